The van der Waals surface area contributed by atoms with Gasteiger partial charge in [-0.2, -0.15) is 0 Å². The second kappa shape index (κ2) is 4.05. The molecule has 0 amide bonds. The van der Waals surface area contributed by atoms with Gasteiger partial charge in [-0.15, -0.1) is 0 Å². The molecule has 2 aliphatic carbocycles. The molecule has 0 aromatic carbocycles. The van der Waals surface area contributed by atoms with Gasteiger partial charge in [-0.1, -0.05) is 20.8 Å². The Kier molecular flexibility index (Phi) is 3.05. The molecule has 2 rings (SSSR count). The number of ketones is 1. The third kappa shape index (κ3) is 1.87. The fraction of sp³-hybridized carbons (Fsp3) is 0.857. The summed E-state index contributed by atoms with van der Waals surface area (Å²) in [5.41, 5.74) is -1.67. The van der Waals surface area contributed by atoms with Crippen LogP contribution in [0.4, 0.5) is 0 Å². The average molecular weight is 254 g/mol. The van der Waals surface area contributed by atoms with Gasteiger partial charge in [0.25, 0.3) is 0 Å². The predicted octanol–water partition coefficient (Wildman–Crippen LogP) is 1.69. The van der Waals surface area contributed by atoms with Crippen molar-refractivity contribution < 1.29 is 19.4 Å². The van der Waals surface area contributed by atoms with Crippen LogP contribution >= 0.6 is 0 Å². The highest BCUT2D eigenvalue weighted by Crippen LogP contribution is 2.55. The largest absolute Gasteiger partial charge is 0.462 e. The lowest BCUT2D eigenvalue weighted by atomic mass is 9.70. The summed E-state index contributed by atoms with van der Waals surface area (Å²) in [4.78, 5) is 23.3. The van der Waals surface area contributed by atoms with E-state index in [2.05, 4.69) is 0 Å². The van der Waals surface area contributed by atoms with E-state index in [4.69, 9.17) is 4.74 Å². The number of carbonyl (C=O) groups is 2. The van der Waals surface area contributed by atoms with Gasteiger partial charge in [-0.3, -0.25) is 9.59 Å². The van der Waals surface area contributed by atoms with E-state index in [0.29, 0.717) is 12.8 Å². The number of rotatable bonds is 1. The number of hydrogen-bond acceptors (Lipinski definition) is 4. The van der Waals surface area contributed by atoms with Gasteiger partial charge in [0.1, 0.15) is 11.7 Å². The monoisotopic (exact) mass is 254 g/mol. The summed E-state index contributed by atoms with van der Waals surface area (Å²) >= 11 is 0. The summed E-state index contributed by atoms with van der Waals surface area (Å²) in [7, 11) is 0. The molecule has 4 nitrogen and oxygen atoms in total. The number of hydrogen-bond donors (Lipinski definition) is 1. The van der Waals surface area contributed by atoms with Crippen LogP contribution in [0.25, 0.3) is 0 Å². The number of ether oxygens (including phenoxy) is 1. The summed E-state index contributed by atoms with van der Waals surface area (Å²) in [6, 6.07) is 0. The number of fused-ring (bicyclic) bond motifs is 1. The van der Waals surface area contributed by atoms with E-state index in [-0.39, 0.29) is 35.1 Å². The Balaban J connectivity index is 2.40. The van der Waals surface area contributed by atoms with Gasteiger partial charge in [-0.05, 0) is 18.8 Å². The van der Waals surface area contributed by atoms with Crippen LogP contribution in [0, 0.1) is 17.3 Å². The molecule has 4 atom stereocenters. The minimum Gasteiger partial charge on any atom is -0.462 e. The second-order valence-corrected chi connectivity index (χ2v) is 6.58. The molecule has 4 heteroatoms. The first-order chi connectivity index (χ1) is 8.18. The normalized spacial score (nSPS) is 42.5. The molecule has 0 aliphatic heterocycles. The highest BCUT2D eigenvalue weighted by Gasteiger charge is 2.64. The van der Waals surface area contributed by atoms with E-state index in [1.54, 1.807) is 0 Å². The zero-order valence-corrected chi connectivity index (χ0v) is 11.5. The van der Waals surface area contributed by atoms with Gasteiger partial charge in [0.2, 0.25) is 0 Å². The van der Waals surface area contributed by atoms with Gasteiger partial charge < -0.3 is 9.84 Å². The van der Waals surface area contributed by atoms with Gasteiger partial charge in [-0.25, -0.2) is 0 Å². The molecule has 0 spiro atoms. The minimum atomic E-state index is -1.30. The van der Waals surface area contributed by atoms with Crippen molar-refractivity contribution in [1.29, 1.82) is 0 Å². The number of carbonyl (C=O) groups excluding carboxylic acids is 2. The fourth-order valence-electron chi connectivity index (χ4n) is 3.87. The van der Waals surface area contributed by atoms with Gasteiger partial charge >= 0.3 is 5.97 Å². The first-order valence-electron chi connectivity index (χ1n) is 6.61. The van der Waals surface area contributed by atoms with Crippen LogP contribution in [0.1, 0.15) is 47.0 Å². The highest BCUT2D eigenvalue weighted by atomic mass is 16.5. The van der Waals surface area contributed by atoms with Crippen LogP contribution in [0.3, 0.4) is 0 Å². The lowest BCUT2D eigenvalue weighted by Crippen LogP contribution is -2.51. The standard InChI is InChI=1S/C14H22O4/c1-8-5-6-10(16)14(17)7-13(3,4)12(11(8)14)18-9(2)15/h8,11-12,17H,5-7H2,1-4H3/t8-,11-,12+,14+/m1/s1. The highest BCUT2D eigenvalue weighted by molar-refractivity contribution is 5.89. The van der Waals surface area contributed by atoms with E-state index in [1.807, 2.05) is 20.8 Å². The van der Waals surface area contributed by atoms with E-state index < -0.39 is 5.60 Å². The first-order valence-corrected chi connectivity index (χ1v) is 6.61. The Morgan fingerprint density at radius 1 is 1.44 bits per heavy atom. The zero-order valence-electron chi connectivity index (χ0n) is 11.5. The molecule has 2 saturated carbocycles. The Bertz CT molecular complexity index is 387. The van der Waals surface area contributed by atoms with Crippen molar-refractivity contribution in [2.45, 2.75) is 58.7 Å². The topological polar surface area (TPSA) is 63.6 Å². The summed E-state index contributed by atoms with van der Waals surface area (Å²) < 4.78 is 5.43. The third-order valence-electron chi connectivity index (χ3n) is 4.59. The van der Waals surface area contributed by atoms with Crippen molar-refractivity contribution in [3.8, 4) is 0 Å². The van der Waals surface area contributed by atoms with Crippen molar-refractivity contribution in [1.82, 2.24) is 0 Å². The van der Waals surface area contributed by atoms with Crippen LogP contribution in [0.2, 0.25) is 0 Å². The molecule has 1 N–H and O–H groups in total. The fourth-order valence-corrected chi connectivity index (χ4v) is 3.87. The Morgan fingerprint density at radius 3 is 2.61 bits per heavy atom. The zero-order chi connectivity index (χ0) is 13.7. The Hall–Kier alpha value is -0.900. The summed E-state index contributed by atoms with van der Waals surface area (Å²) in [5, 5.41) is 10.7. The summed E-state index contributed by atoms with van der Waals surface area (Å²) in [6.45, 7) is 7.32. The van der Waals surface area contributed by atoms with Crippen LogP contribution in [0.5, 0.6) is 0 Å². The molecule has 0 aromatic heterocycles. The molecular weight excluding hydrogens is 232 g/mol. The molecular formula is C14H22O4. The molecule has 18 heavy (non-hydrogen) atoms. The number of aliphatic hydroxyl groups is 1. The Labute approximate surface area is 108 Å². The van der Waals surface area contributed by atoms with Crippen molar-refractivity contribution in [2.24, 2.45) is 17.3 Å². The van der Waals surface area contributed by atoms with Gasteiger partial charge in [0.15, 0.2) is 5.78 Å². The molecule has 2 fully saturated rings. The predicted molar refractivity (Wildman–Crippen MR) is 65.8 cm³/mol. The van der Waals surface area contributed by atoms with Crippen LogP contribution in [-0.2, 0) is 14.3 Å². The maximum Gasteiger partial charge on any atom is 0.302 e. The average Bonchev–Trinajstić information content (AvgIpc) is 2.41. The molecule has 0 heterocycles. The van der Waals surface area contributed by atoms with E-state index in [1.165, 1.54) is 6.92 Å². The molecule has 0 bridgehead atoms. The summed E-state index contributed by atoms with van der Waals surface area (Å²) in [5.74, 6) is -0.507. The van der Waals surface area contributed by atoms with Crippen molar-refractivity contribution in [3.63, 3.8) is 0 Å². The number of esters is 1. The van der Waals surface area contributed by atoms with Gasteiger partial charge in [0, 0.05) is 24.7 Å². The SMILES string of the molecule is CC(=O)O[C@H]1[C@H]2[C@H](C)CCC(=O)[C@@]2(O)CC1(C)C. The molecule has 2 aliphatic rings. The maximum absolute atomic E-state index is 12.1. The van der Waals surface area contributed by atoms with Gasteiger partial charge in [0.05, 0.1) is 0 Å². The van der Waals surface area contributed by atoms with Crippen LogP contribution in [0.15, 0.2) is 0 Å². The minimum absolute atomic E-state index is 0.0895. The van der Waals surface area contributed by atoms with Crippen molar-refractivity contribution in [3.05, 3.63) is 0 Å². The molecule has 0 unspecified atom stereocenters. The Morgan fingerprint density at radius 2 is 2.06 bits per heavy atom. The smallest absolute Gasteiger partial charge is 0.302 e. The number of Topliss-reactive ketones (excluding diaryl/α,β-unsaturated/α-hetero) is 1. The quantitative estimate of drug-likeness (QED) is 0.723. The molecule has 0 radical (unpaired) electrons. The second-order valence-electron chi connectivity index (χ2n) is 6.58. The maximum atomic E-state index is 12.1. The first kappa shape index (κ1) is 13.5. The lowest BCUT2D eigenvalue weighted by Gasteiger charge is -2.39. The van der Waals surface area contributed by atoms with Crippen molar-refractivity contribution >= 4 is 11.8 Å². The van der Waals surface area contributed by atoms with Crippen LogP contribution < -0.4 is 0 Å². The van der Waals surface area contributed by atoms with E-state index in [0.717, 1.165) is 6.42 Å². The van der Waals surface area contributed by atoms with Crippen molar-refractivity contribution in [2.75, 3.05) is 0 Å². The lowest BCUT2D eigenvalue weighted by molar-refractivity contribution is -0.164. The van der Waals surface area contributed by atoms with Crippen LogP contribution in [-0.4, -0.2) is 28.6 Å². The molecule has 0 aromatic rings. The third-order valence-corrected chi connectivity index (χ3v) is 4.59. The molecule has 0 saturated heterocycles. The van der Waals surface area contributed by atoms with E-state index >= 15 is 0 Å². The molecule has 102 valence electrons. The van der Waals surface area contributed by atoms with E-state index in [9.17, 15) is 14.7 Å². The summed E-state index contributed by atoms with van der Waals surface area (Å²) in [6.07, 6.45) is 1.20.